The Morgan fingerprint density at radius 3 is 2.31 bits per heavy atom. The molecule has 0 radical (unpaired) electrons. The average molecular weight is 258 g/mol. The average Bonchev–Trinajstić information content (AvgIpc) is 2.31. The fourth-order valence-electron chi connectivity index (χ4n) is 2.15. The molecule has 16 heavy (non-hydrogen) atoms. The van der Waals surface area contributed by atoms with Crippen molar-refractivity contribution in [2.75, 3.05) is 19.6 Å². The van der Waals surface area contributed by atoms with Crippen molar-refractivity contribution in [3.05, 3.63) is 34.9 Å². The molecule has 1 saturated heterocycles. The lowest BCUT2D eigenvalue weighted by atomic mass is 10.1. The summed E-state index contributed by atoms with van der Waals surface area (Å²) in [4.78, 5) is 2.45. The van der Waals surface area contributed by atoms with Crippen LogP contribution < -0.4 is 0 Å². The van der Waals surface area contributed by atoms with Gasteiger partial charge in [0.25, 0.3) is 0 Å². The number of piperidine rings is 1. The molecular weight excluding hydrogens is 241 g/mol. The summed E-state index contributed by atoms with van der Waals surface area (Å²) in [5.41, 5.74) is 1.16. The highest BCUT2D eigenvalue weighted by Crippen LogP contribution is 2.24. The number of hydrogen-bond acceptors (Lipinski definition) is 1. The van der Waals surface area contributed by atoms with Crippen molar-refractivity contribution in [1.29, 1.82) is 0 Å². The molecule has 0 spiro atoms. The number of rotatable bonds is 3. The summed E-state index contributed by atoms with van der Waals surface area (Å²) in [5, 5.41) is 0.848. The summed E-state index contributed by atoms with van der Waals surface area (Å²) in [7, 11) is 0. The summed E-state index contributed by atoms with van der Waals surface area (Å²) < 4.78 is 0. The van der Waals surface area contributed by atoms with Gasteiger partial charge in [-0.05, 0) is 43.6 Å². The van der Waals surface area contributed by atoms with Crippen molar-refractivity contribution >= 4 is 23.2 Å². The molecule has 0 amide bonds. The Morgan fingerprint density at radius 2 is 1.69 bits per heavy atom. The van der Waals surface area contributed by atoms with Gasteiger partial charge in [-0.15, -0.1) is 11.6 Å². The topological polar surface area (TPSA) is 3.24 Å². The number of likely N-dealkylation sites (tertiary alicyclic amines) is 1. The second-order valence-electron chi connectivity index (χ2n) is 4.38. The summed E-state index contributed by atoms with van der Waals surface area (Å²) >= 11 is 12.3. The second kappa shape index (κ2) is 5.90. The molecule has 1 aromatic rings. The maximum absolute atomic E-state index is 6.41. The predicted molar refractivity (Wildman–Crippen MR) is 70.3 cm³/mol. The lowest BCUT2D eigenvalue weighted by molar-refractivity contribution is 0.229. The molecule has 0 aliphatic carbocycles. The van der Waals surface area contributed by atoms with Crippen LogP contribution in [0.15, 0.2) is 24.3 Å². The van der Waals surface area contributed by atoms with E-state index in [0.717, 1.165) is 17.1 Å². The van der Waals surface area contributed by atoms with Gasteiger partial charge in [-0.2, -0.15) is 0 Å². The van der Waals surface area contributed by atoms with Gasteiger partial charge in [-0.3, -0.25) is 0 Å². The van der Waals surface area contributed by atoms with E-state index in [1.54, 1.807) is 0 Å². The van der Waals surface area contributed by atoms with Crippen LogP contribution >= 0.6 is 23.2 Å². The molecule has 1 unspecified atom stereocenters. The van der Waals surface area contributed by atoms with Crippen molar-refractivity contribution in [1.82, 2.24) is 4.90 Å². The van der Waals surface area contributed by atoms with E-state index in [1.807, 2.05) is 24.3 Å². The van der Waals surface area contributed by atoms with E-state index in [4.69, 9.17) is 23.2 Å². The van der Waals surface area contributed by atoms with Crippen molar-refractivity contribution in [2.24, 2.45) is 0 Å². The van der Waals surface area contributed by atoms with Crippen molar-refractivity contribution in [3.63, 3.8) is 0 Å². The Kier molecular flexibility index (Phi) is 4.51. The Morgan fingerprint density at radius 1 is 1.06 bits per heavy atom. The van der Waals surface area contributed by atoms with Gasteiger partial charge in [0.1, 0.15) is 0 Å². The van der Waals surface area contributed by atoms with Crippen LogP contribution in [0.1, 0.15) is 30.2 Å². The third-order valence-corrected chi connectivity index (χ3v) is 3.74. The normalized spacial score (nSPS) is 19.6. The summed E-state index contributed by atoms with van der Waals surface area (Å²) in [6, 6.07) is 7.85. The third-order valence-electron chi connectivity index (χ3n) is 3.10. The molecule has 0 bridgehead atoms. The van der Waals surface area contributed by atoms with Gasteiger partial charge in [0, 0.05) is 11.6 Å². The van der Waals surface area contributed by atoms with Crippen molar-refractivity contribution < 1.29 is 0 Å². The molecule has 0 saturated carbocycles. The fraction of sp³-hybridized carbons (Fsp3) is 0.538. The van der Waals surface area contributed by atoms with Gasteiger partial charge >= 0.3 is 0 Å². The summed E-state index contributed by atoms with van der Waals surface area (Å²) in [5.74, 6) is 0. The van der Waals surface area contributed by atoms with Gasteiger partial charge < -0.3 is 4.90 Å². The summed E-state index contributed by atoms with van der Waals surface area (Å²) in [6.07, 6.45) is 3.98. The third kappa shape index (κ3) is 3.38. The van der Waals surface area contributed by atoms with Gasteiger partial charge in [0.15, 0.2) is 0 Å². The highest BCUT2D eigenvalue weighted by Gasteiger charge is 2.15. The monoisotopic (exact) mass is 257 g/mol. The first-order valence-electron chi connectivity index (χ1n) is 5.87. The number of nitrogens with zero attached hydrogens (tertiary/aromatic N) is 1. The molecule has 88 valence electrons. The molecular formula is C13H17Cl2N. The number of halogens is 2. The minimum Gasteiger partial charge on any atom is -0.302 e. The molecule has 1 heterocycles. The number of benzene rings is 1. The van der Waals surface area contributed by atoms with Crippen LogP contribution in [0.5, 0.6) is 0 Å². The SMILES string of the molecule is Clc1ccc(C(Cl)CN2CCCCC2)cc1. The van der Waals surface area contributed by atoms with Crippen LogP contribution in [0.2, 0.25) is 5.02 Å². The van der Waals surface area contributed by atoms with E-state index in [2.05, 4.69) is 4.90 Å². The Balaban J connectivity index is 1.91. The van der Waals surface area contributed by atoms with Gasteiger partial charge in [0.2, 0.25) is 0 Å². The van der Waals surface area contributed by atoms with Gasteiger partial charge in [0.05, 0.1) is 5.38 Å². The van der Waals surface area contributed by atoms with Crippen molar-refractivity contribution in [3.8, 4) is 0 Å². The Labute approximate surface area is 107 Å². The number of alkyl halides is 1. The molecule has 1 aromatic carbocycles. The highest BCUT2D eigenvalue weighted by molar-refractivity contribution is 6.30. The summed E-state index contributed by atoms with van der Waals surface area (Å²) in [6.45, 7) is 3.33. The molecule has 1 aliphatic heterocycles. The zero-order chi connectivity index (χ0) is 11.4. The molecule has 1 nitrogen and oxygen atoms in total. The van der Waals surface area contributed by atoms with E-state index in [9.17, 15) is 0 Å². The van der Waals surface area contributed by atoms with Crippen LogP contribution in [0, 0.1) is 0 Å². The molecule has 0 N–H and O–H groups in total. The van der Waals surface area contributed by atoms with Crippen LogP contribution in [0.4, 0.5) is 0 Å². The maximum atomic E-state index is 6.41. The zero-order valence-electron chi connectivity index (χ0n) is 9.33. The number of hydrogen-bond donors (Lipinski definition) is 0. The minimum absolute atomic E-state index is 0.0790. The van der Waals surface area contributed by atoms with Crippen LogP contribution in [-0.4, -0.2) is 24.5 Å². The molecule has 2 rings (SSSR count). The van der Waals surface area contributed by atoms with Crippen LogP contribution in [0.3, 0.4) is 0 Å². The van der Waals surface area contributed by atoms with E-state index in [0.29, 0.717) is 0 Å². The molecule has 3 heteroatoms. The Bertz CT molecular complexity index is 317. The predicted octanol–water partition coefficient (Wildman–Crippen LogP) is 4.11. The van der Waals surface area contributed by atoms with Crippen molar-refractivity contribution in [2.45, 2.75) is 24.6 Å². The van der Waals surface area contributed by atoms with Crippen LogP contribution in [-0.2, 0) is 0 Å². The van der Waals surface area contributed by atoms with E-state index < -0.39 is 0 Å². The first-order chi connectivity index (χ1) is 7.75. The Hall–Kier alpha value is -0.240. The lowest BCUT2D eigenvalue weighted by Gasteiger charge is -2.28. The van der Waals surface area contributed by atoms with Gasteiger partial charge in [-0.25, -0.2) is 0 Å². The minimum atomic E-state index is 0.0790. The molecule has 1 aliphatic rings. The molecule has 0 aromatic heterocycles. The van der Waals surface area contributed by atoms with Gasteiger partial charge in [-0.1, -0.05) is 30.2 Å². The lowest BCUT2D eigenvalue weighted by Crippen LogP contribution is -2.32. The standard InChI is InChI=1S/C13H17Cl2N/c14-12-6-4-11(5-7-12)13(15)10-16-8-2-1-3-9-16/h4-7,13H,1-3,8-10H2. The largest absolute Gasteiger partial charge is 0.302 e. The fourth-order valence-corrected chi connectivity index (χ4v) is 2.61. The first-order valence-corrected chi connectivity index (χ1v) is 6.69. The zero-order valence-corrected chi connectivity index (χ0v) is 10.8. The molecule has 1 atom stereocenters. The quantitative estimate of drug-likeness (QED) is 0.737. The first kappa shape index (κ1) is 12.2. The van der Waals surface area contributed by atoms with E-state index >= 15 is 0 Å². The smallest absolute Gasteiger partial charge is 0.0712 e. The van der Waals surface area contributed by atoms with E-state index in [1.165, 1.54) is 32.4 Å². The maximum Gasteiger partial charge on any atom is 0.0712 e. The highest BCUT2D eigenvalue weighted by atomic mass is 35.5. The van der Waals surface area contributed by atoms with Crippen LogP contribution in [0.25, 0.3) is 0 Å². The van der Waals surface area contributed by atoms with E-state index in [-0.39, 0.29) is 5.38 Å². The second-order valence-corrected chi connectivity index (χ2v) is 5.34. The molecule has 1 fully saturated rings.